The summed E-state index contributed by atoms with van der Waals surface area (Å²) >= 11 is 0. The quantitative estimate of drug-likeness (QED) is 0.811. The van der Waals surface area contributed by atoms with E-state index in [0.717, 1.165) is 6.42 Å². The molecule has 1 aliphatic heterocycles. The third kappa shape index (κ3) is 2.86. The minimum absolute atomic E-state index is 0.336. The highest BCUT2D eigenvalue weighted by Crippen LogP contribution is 2.36. The second-order valence-electron chi connectivity index (χ2n) is 4.52. The van der Waals surface area contributed by atoms with Crippen LogP contribution in [0.15, 0.2) is 30.9 Å². The molecule has 3 N–H and O–H groups in total. The lowest BCUT2D eigenvalue weighted by Crippen LogP contribution is -2.14. The first kappa shape index (κ1) is 13.2. The lowest BCUT2D eigenvalue weighted by Gasteiger charge is -2.13. The number of fused-ring (bicyclic) bond motifs is 1. The van der Waals surface area contributed by atoms with E-state index in [9.17, 15) is 4.79 Å². The molecule has 0 bridgehead atoms. The molecule has 0 fully saturated rings. The standard InChI is InChI=1S/C14H14N4O3/c15-10-4-12-13(21-3-1-2-20-12)5-11(10)18-14(19)9-6-16-8-17-7-9/h4-8H,1-3,15H2,(H,18,19). The fourth-order valence-corrected chi connectivity index (χ4v) is 1.94. The highest BCUT2D eigenvalue weighted by molar-refractivity contribution is 6.05. The molecule has 0 unspecified atom stereocenters. The van der Waals surface area contributed by atoms with Gasteiger partial charge in [-0.25, -0.2) is 9.97 Å². The van der Waals surface area contributed by atoms with Gasteiger partial charge in [0.1, 0.15) is 6.33 Å². The van der Waals surface area contributed by atoms with Crippen molar-refractivity contribution in [2.75, 3.05) is 24.3 Å². The average Bonchev–Trinajstić information content (AvgIpc) is 2.73. The van der Waals surface area contributed by atoms with Crippen LogP contribution in [0.3, 0.4) is 0 Å². The maximum Gasteiger partial charge on any atom is 0.258 e. The zero-order chi connectivity index (χ0) is 14.7. The van der Waals surface area contributed by atoms with Gasteiger partial charge < -0.3 is 20.5 Å². The Bertz CT molecular complexity index is 661. The normalized spacial score (nSPS) is 13.3. The number of rotatable bonds is 2. The van der Waals surface area contributed by atoms with E-state index in [1.807, 2.05) is 0 Å². The van der Waals surface area contributed by atoms with Crippen LogP contribution in [0.2, 0.25) is 0 Å². The van der Waals surface area contributed by atoms with Crippen LogP contribution in [-0.4, -0.2) is 29.1 Å². The van der Waals surface area contributed by atoms with Crippen molar-refractivity contribution in [1.82, 2.24) is 9.97 Å². The molecule has 0 radical (unpaired) electrons. The van der Waals surface area contributed by atoms with Gasteiger partial charge in [-0.2, -0.15) is 0 Å². The maximum absolute atomic E-state index is 12.1. The first-order valence-electron chi connectivity index (χ1n) is 6.49. The number of nitrogens with one attached hydrogen (secondary N) is 1. The molecule has 1 aromatic heterocycles. The van der Waals surface area contributed by atoms with Crippen molar-refractivity contribution < 1.29 is 14.3 Å². The molecule has 0 saturated heterocycles. The topological polar surface area (TPSA) is 99.4 Å². The number of ether oxygens (including phenoxy) is 2. The maximum atomic E-state index is 12.1. The zero-order valence-electron chi connectivity index (χ0n) is 11.2. The fourth-order valence-electron chi connectivity index (χ4n) is 1.94. The molecule has 0 saturated carbocycles. The third-order valence-electron chi connectivity index (χ3n) is 2.99. The summed E-state index contributed by atoms with van der Waals surface area (Å²) in [5.41, 5.74) is 7.16. The molecule has 1 aliphatic rings. The summed E-state index contributed by atoms with van der Waals surface area (Å²) in [7, 11) is 0. The number of nitrogen functional groups attached to an aromatic ring is 1. The molecule has 2 heterocycles. The Kier molecular flexibility index (Phi) is 3.55. The molecule has 1 amide bonds. The largest absolute Gasteiger partial charge is 0.489 e. The van der Waals surface area contributed by atoms with E-state index < -0.39 is 0 Å². The fraction of sp³-hybridized carbons (Fsp3) is 0.214. The van der Waals surface area contributed by atoms with Gasteiger partial charge in [0.25, 0.3) is 5.91 Å². The molecule has 21 heavy (non-hydrogen) atoms. The Morgan fingerprint density at radius 2 is 1.81 bits per heavy atom. The third-order valence-corrected chi connectivity index (χ3v) is 2.99. The summed E-state index contributed by atoms with van der Waals surface area (Å²) in [4.78, 5) is 19.7. The minimum Gasteiger partial charge on any atom is -0.489 e. The van der Waals surface area contributed by atoms with Crippen LogP contribution >= 0.6 is 0 Å². The number of benzene rings is 1. The zero-order valence-corrected chi connectivity index (χ0v) is 11.2. The number of anilines is 2. The molecule has 0 spiro atoms. The second kappa shape index (κ2) is 5.66. The van der Waals surface area contributed by atoms with Crippen LogP contribution in [-0.2, 0) is 0 Å². The average molecular weight is 286 g/mol. The van der Waals surface area contributed by atoms with Crippen LogP contribution in [0.4, 0.5) is 11.4 Å². The number of carbonyl (C=O) groups excluding carboxylic acids is 1. The molecule has 3 rings (SSSR count). The summed E-state index contributed by atoms with van der Waals surface area (Å²) in [6.07, 6.45) is 5.03. The van der Waals surface area contributed by atoms with Crippen molar-refractivity contribution in [3.63, 3.8) is 0 Å². The van der Waals surface area contributed by atoms with Crippen molar-refractivity contribution in [3.05, 3.63) is 36.4 Å². The molecule has 2 aromatic rings. The highest BCUT2D eigenvalue weighted by atomic mass is 16.5. The van der Waals surface area contributed by atoms with E-state index in [1.54, 1.807) is 12.1 Å². The van der Waals surface area contributed by atoms with Gasteiger partial charge in [-0.15, -0.1) is 0 Å². The van der Waals surface area contributed by atoms with Crippen LogP contribution in [0, 0.1) is 0 Å². The summed E-state index contributed by atoms with van der Waals surface area (Å²) in [6.45, 7) is 1.15. The molecule has 7 heteroatoms. The van der Waals surface area contributed by atoms with Gasteiger partial charge in [0.2, 0.25) is 0 Å². The van der Waals surface area contributed by atoms with Crippen LogP contribution in [0.25, 0.3) is 0 Å². The van der Waals surface area contributed by atoms with Crippen molar-refractivity contribution in [2.45, 2.75) is 6.42 Å². The molecule has 0 aliphatic carbocycles. The number of nitrogens with zero attached hydrogens (tertiary/aromatic N) is 2. The summed E-state index contributed by atoms with van der Waals surface area (Å²) in [6, 6.07) is 3.31. The Morgan fingerprint density at radius 1 is 1.14 bits per heavy atom. The molecule has 1 aromatic carbocycles. The number of carbonyl (C=O) groups is 1. The summed E-state index contributed by atoms with van der Waals surface area (Å²) in [5.74, 6) is 0.823. The number of amides is 1. The highest BCUT2D eigenvalue weighted by Gasteiger charge is 2.15. The van der Waals surface area contributed by atoms with Gasteiger partial charge in [-0.05, 0) is 0 Å². The van der Waals surface area contributed by atoms with Crippen molar-refractivity contribution in [1.29, 1.82) is 0 Å². The molecule has 0 atom stereocenters. The van der Waals surface area contributed by atoms with Gasteiger partial charge >= 0.3 is 0 Å². The van der Waals surface area contributed by atoms with Gasteiger partial charge in [0, 0.05) is 30.9 Å². The first-order valence-corrected chi connectivity index (χ1v) is 6.49. The smallest absolute Gasteiger partial charge is 0.258 e. The van der Waals surface area contributed by atoms with Crippen LogP contribution < -0.4 is 20.5 Å². The van der Waals surface area contributed by atoms with Crippen molar-refractivity contribution in [3.8, 4) is 11.5 Å². The van der Waals surface area contributed by atoms with Crippen LogP contribution in [0.5, 0.6) is 11.5 Å². The van der Waals surface area contributed by atoms with Gasteiger partial charge in [0.05, 0.1) is 30.2 Å². The van der Waals surface area contributed by atoms with Gasteiger partial charge in [-0.3, -0.25) is 4.79 Å². The summed E-state index contributed by atoms with van der Waals surface area (Å²) in [5, 5.41) is 2.72. The van der Waals surface area contributed by atoms with E-state index in [2.05, 4.69) is 15.3 Å². The van der Waals surface area contributed by atoms with E-state index in [1.165, 1.54) is 18.7 Å². The summed E-state index contributed by atoms with van der Waals surface area (Å²) < 4.78 is 11.1. The lowest BCUT2D eigenvalue weighted by atomic mass is 10.2. The van der Waals surface area contributed by atoms with Crippen molar-refractivity contribution >= 4 is 17.3 Å². The van der Waals surface area contributed by atoms with E-state index >= 15 is 0 Å². The molecule has 7 nitrogen and oxygen atoms in total. The predicted octanol–water partition coefficient (Wildman–Crippen LogP) is 1.47. The predicted molar refractivity (Wildman–Crippen MR) is 76.4 cm³/mol. The first-order chi connectivity index (χ1) is 10.2. The molecular formula is C14H14N4O3. The number of hydrogen-bond acceptors (Lipinski definition) is 6. The number of aromatic nitrogens is 2. The number of nitrogens with two attached hydrogens (primary N) is 1. The Balaban J connectivity index is 1.86. The van der Waals surface area contributed by atoms with E-state index in [4.69, 9.17) is 15.2 Å². The van der Waals surface area contributed by atoms with Gasteiger partial charge in [-0.1, -0.05) is 0 Å². The van der Waals surface area contributed by atoms with E-state index in [-0.39, 0.29) is 5.91 Å². The van der Waals surface area contributed by atoms with Crippen molar-refractivity contribution in [2.24, 2.45) is 0 Å². The number of hydrogen-bond donors (Lipinski definition) is 2. The second-order valence-corrected chi connectivity index (χ2v) is 4.52. The SMILES string of the molecule is Nc1cc2c(cc1NC(=O)c1cncnc1)OCCCO2. The monoisotopic (exact) mass is 286 g/mol. The lowest BCUT2D eigenvalue weighted by molar-refractivity contribution is 0.102. The van der Waals surface area contributed by atoms with Crippen LogP contribution in [0.1, 0.15) is 16.8 Å². The Morgan fingerprint density at radius 3 is 2.52 bits per heavy atom. The molecular weight excluding hydrogens is 272 g/mol. The Hall–Kier alpha value is -2.83. The Labute approximate surface area is 121 Å². The van der Waals surface area contributed by atoms with Gasteiger partial charge in [0.15, 0.2) is 11.5 Å². The van der Waals surface area contributed by atoms with E-state index in [0.29, 0.717) is 41.7 Å². The molecule has 108 valence electrons. The minimum atomic E-state index is -0.336.